The molecule has 0 radical (unpaired) electrons. The lowest BCUT2D eigenvalue weighted by Crippen LogP contribution is -2.14. The number of hydrogen-bond donors (Lipinski definition) is 2. The van der Waals surface area contributed by atoms with E-state index in [1.807, 2.05) is 6.07 Å². The molecule has 2 aromatic rings. The lowest BCUT2D eigenvalue weighted by Gasteiger charge is -2.08. The molecular weight excluding hydrogens is 304 g/mol. The lowest BCUT2D eigenvalue weighted by atomic mass is 10.2. The van der Waals surface area contributed by atoms with Gasteiger partial charge in [-0.05, 0) is 30.7 Å². The Morgan fingerprint density at radius 3 is 2.81 bits per heavy atom. The molecule has 21 heavy (non-hydrogen) atoms. The fourth-order valence-electron chi connectivity index (χ4n) is 1.88. The molecule has 0 saturated heterocycles. The van der Waals surface area contributed by atoms with Gasteiger partial charge in [0, 0.05) is 11.4 Å². The highest BCUT2D eigenvalue weighted by molar-refractivity contribution is 7.99. The van der Waals surface area contributed by atoms with E-state index in [9.17, 15) is 4.79 Å². The van der Waals surface area contributed by atoms with E-state index in [0.29, 0.717) is 22.2 Å². The molecule has 0 aliphatic rings. The third-order valence-electron chi connectivity index (χ3n) is 2.85. The Kier molecular flexibility index (Phi) is 5.53. The van der Waals surface area contributed by atoms with E-state index in [-0.39, 0.29) is 5.91 Å². The second-order valence-electron chi connectivity index (χ2n) is 4.77. The Morgan fingerprint density at radius 1 is 1.29 bits per heavy atom. The average Bonchev–Trinajstić information content (AvgIpc) is 2.42. The van der Waals surface area contributed by atoms with Gasteiger partial charge >= 0.3 is 0 Å². The molecule has 0 heterocycles. The Bertz CT molecular complexity index is 646. The van der Waals surface area contributed by atoms with E-state index in [0.717, 1.165) is 5.75 Å². The van der Waals surface area contributed by atoms with Gasteiger partial charge in [0.05, 0.1) is 16.5 Å². The molecule has 0 aliphatic heterocycles. The maximum absolute atomic E-state index is 11.9. The minimum absolute atomic E-state index is 0.0701. The highest BCUT2D eigenvalue weighted by atomic mass is 35.5. The van der Waals surface area contributed by atoms with Crippen molar-refractivity contribution in [3.8, 4) is 0 Å². The SMILES string of the molecule is Cc1cccc(CSCC(=O)Nc2ccc(N)cc2Cl)c1. The van der Waals surface area contributed by atoms with E-state index >= 15 is 0 Å². The molecule has 3 N–H and O–H groups in total. The van der Waals surface area contributed by atoms with E-state index in [1.54, 1.807) is 30.0 Å². The van der Waals surface area contributed by atoms with Gasteiger partial charge in [-0.3, -0.25) is 4.79 Å². The summed E-state index contributed by atoms with van der Waals surface area (Å²) >= 11 is 7.59. The summed E-state index contributed by atoms with van der Waals surface area (Å²) in [5, 5.41) is 3.24. The number of anilines is 2. The van der Waals surface area contributed by atoms with Crippen LogP contribution in [-0.4, -0.2) is 11.7 Å². The van der Waals surface area contributed by atoms with Crippen LogP contribution < -0.4 is 11.1 Å². The lowest BCUT2D eigenvalue weighted by molar-refractivity contribution is -0.113. The highest BCUT2D eigenvalue weighted by Crippen LogP contribution is 2.24. The summed E-state index contributed by atoms with van der Waals surface area (Å²) in [6.45, 7) is 2.06. The quantitative estimate of drug-likeness (QED) is 0.815. The minimum atomic E-state index is -0.0701. The van der Waals surface area contributed by atoms with Gasteiger partial charge in [-0.15, -0.1) is 11.8 Å². The van der Waals surface area contributed by atoms with E-state index in [2.05, 4.69) is 30.4 Å². The summed E-state index contributed by atoms with van der Waals surface area (Å²) < 4.78 is 0. The molecule has 110 valence electrons. The monoisotopic (exact) mass is 320 g/mol. The van der Waals surface area contributed by atoms with Crippen molar-refractivity contribution in [3.05, 3.63) is 58.6 Å². The number of nitrogen functional groups attached to an aromatic ring is 1. The molecular formula is C16H17ClN2OS. The second kappa shape index (κ2) is 7.38. The van der Waals surface area contributed by atoms with Crippen LogP contribution >= 0.6 is 23.4 Å². The number of halogens is 1. The van der Waals surface area contributed by atoms with Crippen molar-refractivity contribution in [2.24, 2.45) is 0 Å². The molecule has 1 amide bonds. The second-order valence-corrected chi connectivity index (χ2v) is 6.16. The molecule has 0 aromatic heterocycles. The van der Waals surface area contributed by atoms with E-state index < -0.39 is 0 Å². The molecule has 3 nitrogen and oxygen atoms in total. The number of rotatable bonds is 5. The molecule has 0 fully saturated rings. The van der Waals surface area contributed by atoms with Gasteiger partial charge in [0.25, 0.3) is 0 Å². The van der Waals surface area contributed by atoms with Crippen LogP contribution in [0, 0.1) is 6.92 Å². The smallest absolute Gasteiger partial charge is 0.234 e. The normalized spacial score (nSPS) is 10.4. The number of amides is 1. The van der Waals surface area contributed by atoms with Crippen molar-refractivity contribution in [1.82, 2.24) is 0 Å². The molecule has 0 aliphatic carbocycles. The number of carbonyl (C=O) groups excluding carboxylic acids is 1. The zero-order chi connectivity index (χ0) is 15.2. The molecule has 0 atom stereocenters. The summed E-state index contributed by atoms with van der Waals surface area (Å²) in [5.74, 6) is 1.12. The minimum Gasteiger partial charge on any atom is -0.399 e. The van der Waals surface area contributed by atoms with Gasteiger partial charge < -0.3 is 11.1 Å². The van der Waals surface area contributed by atoms with Gasteiger partial charge in [0.15, 0.2) is 0 Å². The van der Waals surface area contributed by atoms with Crippen molar-refractivity contribution >= 4 is 40.6 Å². The van der Waals surface area contributed by atoms with Crippen LogP contribution in [0.25, 0.3) is 0 Å². The molecule has 0 unspecified atom stereocenters. The van der Waals surface area contributed by atoms with Gasteiger partial charge in [-0.1, -0.05) is 41.4 Å². The summed E-state index contributed by atoms with van der Waals surface area (Å²) in [6, 6.07) is 13.3. The maximum atomic E-state index is 11.9. The largest absolute Gasteiger partial charge is 0.399 e. The third-order valence-corrected chi connectivity index (χ3v) is 4.17. The summed E-state index contributed by atoms with van der Waals surface area (Å²) in [6.07, 6.45) is 0. The van der Waals surface area contributed by atoms with Crippen LogP contribution in [-0.2, 0) is 10.5 Å². The summed E-state index contributed by atoms with van der Waals surface area (Å²) in [5.41, 5.74) is 9.23. The van der Waals surface area contributed by atoms with Crippen LogP contribution in [0.1, 0.15) is 11.1 Å². The fourth-order valence-corrected chi connectivity index (χ4v) is 2.89. The Balaban J connectivity index is 1.82. The number of nitrogens with one attached hydrogen (secondary N) is 1. The van der Waals surface area contributed by atoms with Crippen molar-refractivity contribution < 1.29 is 4.79 Å². The predicted molar refractivity (Wildman–Crippen MR) is 91.8 cm³/mol. The summed E-state index contributed by atoms with van der Waals surface area (Å²) in [4.78, 5) is 11.9. The van der Waals surface area contributed by atoms with Crippen molar-refractivity contribution in [2.45, 2.75) is 12.7 Å². The molecule has 0 bridgehead atoms. The fraction of sp³-hybridized carbons (Fsp3) is 0.188. The molecule has 5 heteroatoms. The van der Waals surface area contributed by atoms with Gasteiger partial charge in [-0.25, -0.2) is 0 Å². The number of nitrogens with two attached hydrogens (primary N) is 1. The van der Waals surface area contributed by atoms with Gasteiger partial charge in [0.2, 0.25) is 5.91 Å². The first kappa shape index (κ1) is 15.7. The number of benzene rings is 2. The van der Waals surface area contributed by atoms with E-state index in [4.69, 9.17) is 17.3 Å². The Morgan fingerprint density at radius 2 is 2.10 bits per heavy atom. The first-order chi connectivity index (χ1) is 10.0. The standard InChI is InChI=1S/C16H17ClN2OS/c1-11-3-2-4-12(7-11)9-21-10-16(20)19-15-6-5-13(18)8-14(15)17/h2-8H,9-10,18H2,1H3,(H,19,20). The number of hydrogen-bond acceptors (Lipinski definition) is 3. The molecule has 0 spiro atoms. The number of aryl methyl sites for hydroxylation is 1. The maximum Gasteiger partial charge on any atom is 0.234 e. The summed E-state index contributed by atoms with van der Waals surface area (Å²) in [7, 11) is 0. The topological polar surface area (TPSA) is 55.1 Å². The zero-order valence-electron chi connectivity index (χ0n) is 11.7. The van der Waals surface area contributed by atoms with Crippen LogP contribution in [0.3, 0.4) is 0 Å². The van der Waals surface area contributed by atoms with Crippen molar-refractivity contribution in [3.63, 3.8) is 0 Å². The Labute approximate surface area is 133 Å². The third kappa shape index (κ3) is 4.99. The van der Waals surface area contributed by atoms with Crippen LogP contribution in [0.2, 0.25) is 5.02 Å². The van der Waals surface area contributed by atoms with Crippen LogP contribution in [0.5, 0.6) is 0 Å². The van der Waals surface area contributed by atoms with Crippen molar-refractivity contribution in [2.75, 3.05) is 16.8 Å². The van der Waals surface area contributed by atoms with Crippen molar-refractivity contribution in [1.29, 1.82) is 0 Å². The molecule has 0 saturated carbocycles. The van der Waals surface area contributed by atoms with Gasteiger partial charge in [-0.2, -0.15) is 0 Å². The Hall–Kier alpha value is -1.65. The predicted octanol–water partition coefficient (Wildman–Crippen LogP) is 4.10. The van der Waals surface area contributed by atoms with Crippen LogP contribution in [0.15, 0.2) is 42.5 Å². The molecule has 2 aromatic carbocycles. The van der Waals surface area contributed by atoms with E-state index in [1.165, 1.54) is 11.1 Å². The zero-order valence-corrected chi connectivity index (χ0v) is 13.3. The highest BCUT2D eigenvalue weighted by Gasteiger charge is 2.06. The first-order valence-corrected chi connectivity index (χ1v) is 8.06. The number of thioether (sulfide) groups is 1. The van der Waals surface area contributed by atoms with Gasteiger partial charge in [0.1, 0.15) is 0 Å². The van der Waals surface area contributed by atoms with Crippen LogP contribution in [0.4, 0.5) is 11.4 Å². The average molecular weight is 321 g/mol. The molecule has 2 rings (SSSR count). The number of carbonyl (C=O) groups is 1. The first-order valence-electron chi connectivity index (χ1n) is 6.53.